The number of likely N-dealkylation sites (N-methyl/N-ethyl adjacent to an activating group) is 1. The Kier molecular flexibility index (Phi) is 10.2. The zero-order valence-corrected chi connectivity index (χ0v) is 17.7. The molecule has 4 heteroatoms. The average Bonchev–Trinajstić information content (AvgIpc) is 2.72. The van der Waals surface area contributed by atoms with Crippen LogP contribution < -0.4 is 5.32 Å². The van der Waals surface area contributed by atoms with Crippen molar-refractivity contribution >= 4 is 6.79 Å². The predicted molar refractivity (Wildman–Crippen MR) is 114 cm³/mol. The molecule has 0 aromatic carbocycles. The van der Waals surface area contributed by atoms with Crippen molar-refractivity contribution < 1.29 is 9.53 Å². The summed E-state index contributed by atoms with van der Waals surface area (Å²) in [5, 5.41) is 3.93. The molecule has 0 atom stereocenters. The first-order valence-corrected chi connectivity index (χ1v) is 10.2. The fourth-order valence-electron chi connectivity index (χ4n) is 4.08. The van der Waals surface area contributed by atoms with Crippen LogP contribution in [0.4, 0.5) is 0 Å². The van der Waals surface area contributed by atoms with E-state index in [0.29, 0.717) is 0 Å². The van der Waals surface area contributed by atoms with Gasteiger partial charge in [-0.1, -0.05) is 31.7 Å². The second kappa shape index (κ2) is 11.8. The molecular weight excluding hydrogens is 336 g/mol. The molecule has 1 saturated carbocycles. The van der Waals surface area contributed by atoms with Crippen LogP contribution in [0.2, 0.25) is 0 Å². The van der Waals surface area contributed by atoms with Gasteiger partial charge in [-0.3, -0.25) is 0 Å². The van der Waals surface area contributed by atoms with Crippen molar-refractivity contribution in [2.24, 2.45) is 5.92 Å². The first kappa shape index (κ1) is 23.2. The Balaban J connectivity index is 0.000000541. The highest BCUT2D eigenvalue weighted by atomic mass is 16.5. The monoisotopic (exact) mass is 374 g/mol. The summed E-state index contributed by atoms with van der Waals surface area (Å²) < 4.78 is 4.54. The van der Waals surface area contributed by atoms with Gasteiger partial charge in [0.1, 0.15) is 6.79 Å². The molecule has 0 unspecified atom stereocenters. The van der Waals surface area contributed by atoms with E-state index in [1.807, 2.05) is 19.8 Å². The largest absolute Gasteiger partial charge is 0.385 e. The van der Waals surface area contributed by atoms with Crippen LogP contribution in [-0.4, -0.2) is 37.5 Å². The molecule has 152 valence electrons. The number of nitrogens with zero attached hydrogens (tertiary/aromatic N) is 1. The molecule has 0 aromatic heterocycles. The summed E-state index contributed by atoms with van der Waals surface area (Å²) in [7, 11) is 1.68. The van der Waals surface area contributed by atoms with Gasteiger partial charge in [-0.2, -0.15) is 0 Å². The normalized spacial score (nSPS) is 27.8. The van der Waals surface area contributed by atoms with Crippen molar-refractivity contribution in [2.45, 2.75) is 64.8 Å². The summed E-state index contributed by atoms with van der Waals surface area (Å²) in [5.41, 5.74) is 4.29. The van der Waals surface area contributed by atoms with Gasteiger partial charge in [0.05, 0.1) is 16.9 Å². The molecule has 0 bridgehead atoms. The minimum absolute atomic E-state index is 0.122. The third kappa shape index (κ3) is 5.58. The number of hydrogen-bond acceptors (Lipinski definition) is 4. The molecule has 1 aliphatic heterocycles. The molecule has 0 amide bonds. The van der Waals surface area contributed by atoms with E-state index in [-0.39, 0.29) is 5.54 Å². The smallest absolute Gasteiger partial charge is 0.106 e. The summed E-state index contributed by atoms with van der Waals surface area (Å²) in [6.45, 7) is 14.4. The van der Waals surface area contributed by atoms with Crippen molar-refractivity contribution in [1.29, 1.82) is 0 Å². The highest BCUT2D eigenvalue weighted by Gasteiger charge is 2.44. The number of piperazine rings is 1. The van der Waals surface area contributed by atoms with Crippen molar-refractivity contribution in [3.8, 4) is 0 Å². The van der Waals surface area contributed by atoms with Crippen molar-refractivity contribution in [3.05, 3.63) is 48.0 Å². The molecular formula is C23H38N2O2. The van der Waals surface area contributed by atoms with Crippen LogP contribution in [0.15, 0.2) is 48.0 Å². The van der Waals surface area contributed by atoms with Gasteiger partial charge in [-0.05, 0) is 64.4 Å². The van der Waals surface area contributed by atoms with E-state index >= 15 is 0 Å². The second-order valence-corrected chi connectivity index (χ2v) is 7.28. The Bertz CT molecular complexity index is 553. The lowest BCUT2D eigenvalue weighted by molar-refractivity contribution is -0.0979. The van der Waals surface area contributed by atoms with Gasteiger partial charge >= 0.3 is 0 Å². The average molecular weight is 375 g/mol. The van der Waals surface area contributed by atoms with Crippen LogP contribution in [0.25, 0.3) is 0 Å². The Morgan fingerprint density at radius 3 is 2.37 bits per heavy atom. The molecule has 1 N–H and O–H groups in total. The number of carbonyl (C=O) groups excluding carboxylic acids is 1. The highest BCUT2D eigenvalue weighted by Crippen LogP contribution is 2.44. The van der Waals surface area contributed by atoms with E-state index in [1.54, 1.807) is 7.11 Å². The van der Waals surface area contributed by atoms with Crippen LogP contribution >= 0.6 is 0 Å². The topological polar surface area (TPSA) is 41.6 Å². The maximum atomic E-state index is 8.00. The lowest BCUT2D eigenvalue weighted by atomic mass is 9.72. The van der Waals surface area contributed by atoms with Gasteiger partial charge in [0.15, 0.2) is 0 Å². The second-order valence-electron chi connectivity index (χ2n) is 7.28. The highest BCUT2D eigenvalue weighted by molar-refractivity contribution is 5.44. The molecule has 3 aliphatic rings. The number of nitrogens with one attached hydrogen (secondary N) is 1. The SMILES string of the molecule is C=C/C=C1\N(CC)C2=CCCC=C2NC12CCC(C)CC2.C=O.CCOC. The molecule has 1 spiro atoms. The van der Waals surface area contributed by atoms with Crippen LogP contribution in [0.5, 0.6) is 0 Å². The number of allylic oxidation sites excluding steroid dienone is 4. The zero-order valence-electron chi connectivity index (χ0n) is 17.7. The van der Waals surface area contributed by atoms with Crippen molar-refractivity contribution in [2.75, 3.05) is 20.3 Å². The van der Waals surface area contributed by atoms with E-state index < -0.39 is 0 Å². The van der Waals surface area contributed by atoms with Crippen LogP contribution in [0.3, 0.4) is 0 Å². The zero-order chi connectivity index (χ0) is 20.3. The molecule has 27 heavy (non-hydrogen) atoms. The molecule has 3 rings (SSSR count). The predicted octanol–water partition coefficient (Wildman–Crippen LogP) is 4.96. The van der Waals surface area contributed by atoms with E-state index in [4.69, 9.17) is 4.79 Å². The minimum Gasteiger partial charge on any atom is -0.385 e. The fraction of sp³-hybridized carbons (Fsp3) is 0.609. The molecule has 2 aliphatic carbocycles. The van der Waals surface area contributed by atoms with Gasteiger partial charge < -0.3 is 19.7 Å². The van der Waals surface area contributed by atoms with Crippen molar-refractivity contribution in [1.82, 2.24) is 10.2 Å². The maximum absolute atomic E-state index is 8.00. The van der Waals surface area contributed by atoms with Crippen LogP contribution in [0.1, 0.15) is 59.3 Å². The van der Waals surface area contributed by atoms with Gasteiger partial charge in [0.25, 0.3) is 0 Å². The number of rotatable bonds is 3. The molecule has 1 saturated heterocycles. The Morgan fingerprint density at radius 2 is 1.85 bits per heavy atom. The van der Waals surface area contributed by atoms with Gasteiger partial charge in [0, 0.05) is 26.0 Å². The summed E-state index contributed by atoms with van der Waals surface area (Å²) >= 11 is 0. The fourth-order valence-corrected chi connectivity index (χ4v) is 4.08. The molecule has 1 heterocycles. The summed E-state index contributed by atoms with van der Waals surface area (Å²) in [6.07, 6.45) is 16.4. The van der Waals surface area contributed by atoms with Gasteiger partial charge in [-0.25, -0.2) is 0 Å². The molecule has 2 fully saturated rings. The van der Waals surface area contributed by atoms with Crippen molar-refractivity contribution in [3.63, 3.8) is 0 Å². The summed E-state index contributed by atoms with van der Waals surface area (Å²) in [5.74, 6) is 0.856. The Hall–Kier alpha value is -1.81. The number of ether oxygens (including phenoxy) is 1. The maximum Gasteiger partial charge on any atom is 0.106 e. The van der Waals surface area contributed by atoms with Crippen LogP contribution in [0, 0.1) is 5.92 Å². The standard InChI is InChI=1S/C19H28N2.C3H8O.CH2O/c1-4-8-18-19(13-11-15(3)12-14-19)20-16-9-6-7-10-17(16)21(18)5-2;1-3-4-2;1-2/h4,8-10,15,20H,1,5-7,11-14H2,2-3H3;3H2,1-2H3;1H2/b18-8-;;. The quantitative estimate of drug-likeness (QED) is 0.758. The molecule has 0 radical (unpaired) electrons. The third-order valence-corrected chi connectivity index (χ3v) is 5.58. The number of carbonyl (C=O) groups is 1. The molecule has 0 aromatic rings. The van der Waals surface area contributed by atoms with E-state index in [1.165, 1.54) is 42.8 Å². The first-order chi connectivity index (χ1) is 13.1. The summed E-state index contributed by atoms with van der Waals surface area (Å²) in [4.78, 5) is 10.5. The number of fused-ring (bicyclic) bond motifs is 1. The Morgan fingerprint density at radius 1 is 1.26 bits per heavy atom. The van der Waals surface area contributed by atoms with Gasteiger partial charge in [0.2, 0.25) is 0 Å². The molecule has 4 nitrogen and oxygen atoms in total. The van der Waals surface area contributed by atoms with E-state index in [0.717, 1.165) is 31.9 Å². The summed E-state index contributed by atoms with van der Waals surface area (Å²) in [6, 6.07) is 0. The lowest BCUT2D eigenvalue weighted by Crippen LogP contribution is -2.57. The van der Waals surface area contributed by atoms with Crippen LogP contribution in [-0.2, 0) is 9.53 Å². The lowest BCUT2D eigenvalue weighted by Gasteiger charge is -2.52. The van der Waals surface area contributed by atoms with E-state index in [9.17, 15) is 0 Å². The Labute approximate surface area is 166 Å². The van der Waals surface area contributed by atoms with E-state index in [2.05, 4.69) is 53.6 Å². The number of hydrogen-bond donors (Lipinski definition) is 1. The van der Waals surface area contributed by atoms with Gasteiger partial charge in [-0.15, -0.1) is 0 Å². The number of methoxy groups -OCH3 is 1. The minimum atomic E-state index is 0.122. The first-order valence-electron chi connectivity index (χ1n) is 10.2. The third-order valence-electron chi connectivity index (χ3n) is 5.58.